The van der Waals surface area contributed by atoms with Crippen LogP contribution in [0.3, 0.4) is 0 Å². The zero-order chi connectivity index (χ0) is 22.1. The second-order valence-electron chi connectivity index (χ2n) is 6.97. The number of H-pyrrole nitrogens is 1. The van der Waals surface area contributed by atoms with Crippen molar-refractivity contribution < 1.29 is 19.4 Å². The molecule has 0 unspecified atom stereocenters. The molecule has 0 bridgehead atoms. The van der Waals surface area contributed by atoms with Crippen molar-refractivity contribution in [2.24, 2.45) is 0 Å². The Morgan fingerprint density at radius 2 is 1.90 bits per heavy atom. The molecule has 1 aromatic heterocycles. The number of carbonyl (C=O) groups excluding carboxylic acids is 2. The van der Waals surface area contributed by atoms with Gasteiger partial charge >= 0.3 is 6.09 Å². The fourth-order valence-corrected chi connectivity index (χ4v) is 3.96. The summed E-state index contributed by atoms with van der Waals surface area (Å²) in [6, 6.07) is 8.54. The monoisotopic (exact) mass is 463 g/mol. The Bertz CT molecular complexity index is 1160. The number of aromatic hydroxyl groups is 1. The molecule has 1 saturated heterocycles. The van der Waals surface area contributed by atoms with Crippen molar-refractivity contribution >= 4 is 57.9 Å². The topological polar surface area (TPSA) is 111 Å². The first kappa shape index (κ1) is 21.1. The van der Waals surface area contributed by atoms with Crippen molar-refractivity contribution in [3.05, 3.63) is 45.9 Å². The molecular weight excluding hydrogens is 445 g/mol. The number of anilines is 2. The fourth-order valence-electron chi connectivity index (χ4n) is 3.47. The predicted octanol–water partition coefficient (Wildman–Crippen LogP) is 3.72. The summed E-state index contributed by atoms with van der Waals surface area (Å²) in [5.74, 6) is -0.280. The molecule has 0 radical (unpaired) electrons. The van der Waals surface area contributed by atoms with Crippen LogP contribution in [0.5, 0.6) is 5.75 Å². The summed E-state index contributed by atoms with van der Waals surface area (Å²) in [7, 11) is 1.28. The van der Waals surface area contributed by atoms with Gasteiger partial charge in [-0.2, -0.15) is 0 Å². The second kappa shape index (κ2) is 8.52. The minimum Gasteiger partial charge on any atom is -0.506 e. The second-order valence-corrected chi connectivity index (χ2v) is 7.81. The molecule has 2 aromatic carbocycles. The standard InChI is InChI=1S/C20H19Cl2N5O4/c1-31-20(30)25-19-23-15-3-2-12(10-16(15)24-19)26-4-6-27(7-5-26)18(29)13-8-11(21)9-14(22)17(13)28/h2-3,8-10,28H,4-7H2,1H3,(H2,23,24,25,30). The van der Waals surface area contributed by atoms with Gasteiger partial charge in [0, 0.05) is 36.9 Å². The number of rotatable bonds is 3. The molecule has 1 aliphatic heterocycles. The van der Waals surface area contributed by atoms with E-state index in [9.17, 15) is 14.7 Å². The van der Waals surface area contributed by atoms with Gasteiger partial charge in [-0.3, -0.25) is 10.1 Å². The number of phenolic OH excluding ortho intramolecular Hbond substituents is 1. The number of benzene rings is 2. The molecule has 0 spiro atoms. The number of methoxy groups -OCH3 is 1. The number of carbonyl (C=O) groups is 2. The molecule has 0 atom stereocenters. The molecule has 1 aliphatic rings. The molecule has 11 heteroatoms. The van der Waals surface area contributed by atoms with Crippen molar-refractivity contribution in [3.8, 4) is 5.75 Å². The van der Waals surface area contributed by atoms with Crippen molar-refractivity contribution in [3.63, 3.8) is 0 Å². The summed E-state index contributed by atoms with van der Waals surface area (Å²) in [5.41, 5.74) is 2.52. The number of aromatic nitrogens is 2. The Balaban J connectivity index is 1.45. The van der Waals surface area contributed by atoms with Crippen molar-refractivity contribution in [1.82, 2.24) is 14.9 Å². The first-order valence-electron chi connectivity index (χ1n) is 9.42. The van der Waals surface area contributed by atoms with Gasteiger partial charge in [-0.25, -0.2) is 9.78 Å². The molecular formula is C20H19Cl2N5O4. The van der Waals surface area contributed by atoms with Crippen LogP contribution in [0.1, 0.15) is 10.4 Å². The van der Waals surface area contributed by atoms with Crippen LogP contribution in [0.4, 0.5) is 16.4 Å². The van der Waals surface area contributed by atoms with Gasteiger partial charge in [-0.15, -0.1) is 0 Å². The highest BCUT2D eigenvalue weighted by Crippen LogP contribution is 2.32. The van der Waals surface area contributed by atoms with E-state index in [1.807, 2.05) is 18.2 Å². The molecule has 162 valence electrons. The third-order valence-electron chi connectivity index (χ3n) is 5.06. The van der Waals surface area contributed by atoms with Crippen molar-refractivity contribution in [1.29, 1.82) is 0 Å². The van der Waals surface area contributed by atoms with Gasteiger partial charge in [0.2, 0.25) is 5.95 Å². The maximum atomic E-state index is 12.8. The highest BCUT2D eigenvalue weighted by molar-refractivity contribution is 6.36. The van der Waals surface area contributed by atoms with Gasteiger partial charge in [0.1, 0.15) is 5.75 Å². The molecule has 0 aliphatic carbocycles. The minimum absolute atomic E-state index is 0.0448. The Morgan fingerprint density at radius 3 is 2.61 bits per heavy atom. The van der Waals surface area contributed by atoms with Crippen LogP contribution in [0, 0.1) is 0 Å². The molecule has 3 N–H and O–H groups in total. The Morgan fingerprint density at radius 1 is 1.16 bits per heavy atom. The predicted molar refractivity (Wildman–Crippen MR) is 118 cm³/mol. The van der Waals surface area contributed by atoms with E-state index in [1.54, 1.807) is 4.90 Å². The average Bonchev–Trinajstić information content (AvgIpc) is 3.17. The molecule has 3 aromatic rings. The lowest BCUT2D eigenvalue weighted by Gasteiger charge is -2.36. The van der Waals surface area contributed by atoms with Gasteiger partial charge in [-0.1, -0.05) is 23.2 Å². The van der Waals surface area contributed by atoms with E-state index in [4.69, 9.17) is 23.2 Å². The van der Waals surface area contributed by atoms with Gasteiger partial charge in [-0.05, 0) is 30.3 Å². The zero-order valence-electron chi connectivity index (χ0n) is 16.5. The van der Waals surface area contributed by atoms with E-state index in [0.717, 1.165) is 11.2 Å². The molecule has 9 nitrogen and oxygen atoms in total. The quantitative estimate of drug-likeness (QED) is 0.545. The maximum absolute atomic E-state index is 12.8. The number of hydrogen-bond acceptors (Lipinski definition) is 6. The van der Waals surface area contributed by atoms with Crippen LogP contribution in [0.2, 0.25) is 10.0 Å². The van der Waals surface area contributed by atoms with Crippen LogP contribution in [0.25, 0.3) is 11.0 Å². The third kappa shape index (κ3) is 4.33. The van der Waals surface area contributed by atoms with E-state index < -0.39 is 6.09 Å². The number of halogens is 2. The van der Waals surface area contributed by atoms with E-state index in [-0.39, 0.29) is 22.2 Å². The lowest BCUT2D eigenvalue weighted by Crippen LogP contribution is -2.48. The number of phenols is 1. The van der Waals surface area contributed by atoms with E-state index in [2.05, 4.69) is 24.9 Å². The van der Waals surface area contributed by atoms with Gasteiger partial charge in [0.25, 0.3) is 5.91 Å². The lowest BCUT2D eigenvalue weighted by atomic mass is 10.1. The smallest absolute Gasteiger partial charge is 0.413 e. The van der Waals surface area contributed by atoms with Crippen LogP contribution in [0.15, 0.2) is 30.3 Å². The number of amides is 2. The van der Waals surface area contributed by atoms with Gasteiger partial charge in [0.15, 0.2) is 0 Å². The number of fused-ring (bicyclic) bond motifs is 1. The normalized spacial score (nSPS) is 14.0. The summed E-state index contributed by atoms with van der Waals surface area (Å²) in [5, 5.41) is 13.0. The zero-order valence-corrected chi connectivity index (χ0v) is 18.0. The van der Waals surface area contributed by atoms with Crippen molar-refractivity contribution in [2.45, 2.75) is 0 Å². The molecule has 2 amide bonds. The summed E-state index contributed by atoms with van der Waals surface area (Å²) in [6.45, 7) is 2.15. The number of ether oxygens (including phenoxy) is 1. The molecule has 2 heterocycles. The number of nitrogens with zero attached hydrogens (tertiary/aromatic N) is 3. The average molecular weight is 464 g/mol. The third-order valence-corrected chi connectivity index (χ3v) is 5.57. The Hall–Kier alpha value is -3.17. The number of piperazine rings is 1. The summed E-state index contributed by atoms with van der Waals surface area (Å²) < 4.78 is 4.57. The van der Waals surface area contributed by atoms with Gasteiger partial charge in [0.05, 0.1) is 28.7 Å². The number of imidazole rings is 1. The first-order valence-corrected chi connectivity index (χ1v) is 10.2. The van der Waals surface area contributed by atoms with Crippen LogP contribution in [-0.2, 0) is 4.74 Å². The highest BCUT2D eigenvalue weighted by atomic mass is 35.5. The largest absolute Gasteiger partial charge is 0.506 e. The molecule has 0 saturated carbocycles. The van der Waals surface area contributed by atoms with Crippen LogP contribution in [-0.4, -0.2) is 65.3 Å². The Labute approximate surface area is 187 Å². The number of hydrogen-bond donors (Lipinski definition) is 3. The summed E-state index contributed by atoms with van der Waals surface area (Å²) in [4.78, 5) is 35.3. The van der Waals surface area contributed by atoms with Crippen LogP contribution >= 0.6 is 23.2 Å². The number of nitrogens with one attached hydrogen (secondary N) is 2. The van der Waals surface area contributed by atoms with Gasteiger partial charge < -0.3 is 24.6 Å². The molecule has 4 rings (SSSR count). The lowest BCUT2D eigenvalue weighted by molar-refractivity contribution is 0.0743. The number of aromatic amines is 1. The van der Waals surface area contributed by atoms with Crippen molar-refractivity contribution in [2.75, 3.05) is 43.5 Å². The minimum atomic E-state index is -0.605. The Kier molecular flexibility index (Phi) is 5.79. The first-order chi connectivity index (χ1) is 14.9. The molecule has 1 fully saturated rings. The van der Waals surface area contributed by atoms with E-state index >= 15 is 0 Å². The SMILES string of the molecule is COC(=O)Nc1nc2ccc(N3CCN(C(=O)c4cc(Cl)cc(Cl)c4O)CC3)cc2[nH]1. The van der Waals surface area contributed by atoms with Crippen LogP contribution < -0.4 is 10.2 Å². The fraction of sp³-hybridized carbons (Fsp3) is 0.250. The van der Waals surface area contributed by atoms with E-state index in [1.165, 1.54) is 19.2 Å². The molecule has 31 heavy (non-hydrogen) atoms. The summed E-state index contributed by atoms with van der Waals surface area (Å²) >= 11 is 11.9. The summed E-state index contributed by atoms with van der Waals surface area (Å²) in [6.07, 6.45) is -0.605. The maximum Gasteiger partial charge on any atom is 0.413 e. The van der Waals surface area contributed by atoms with E-state index in [0.29, 0.717) is 42.7 Å². The highest BCUT2D eigenvalue weighted by Gasteiger charge is 2.25.